The number of hydrogen-bond donors (Lipinski definition) is 2. The Morgan fingerprint density at radius 3 is 2.30 bits per heavy atom. The van der Waals surface area contributed by atoms with Gasteiger partial charge in [0.2, 0.25) is 0 Å². The highest BCUT2D eigenvalue weighted by Gasteiger charge is 2.19. The van der Waals surface area contributed by atoms with E-state index in [-0.39, 0.29) is 5.41 Å². The predicted octanol–water partition coefficient (Wildman–Crippen LogP) is 5.94. The van der Waals surface area contributed by atoms with Crippen molar-refractivity contribution >= 4 is 23.4 Å². The van der Waals surface area contributed by atoms with E-state index in [4.69, 9.17) is 0 Å². The predicted molar refractivity (Wildman–Crippen MR) is 102 cm³/mol. The summed E-state index contributed by atoms with van der Waals surface area (Å²) in [5.41, 5.74) is 4.06. The van der Waals surface area contributed by atoms with Crippen molar-refractivity contribution in [2.24, 2.45) is 0 Å². The molecule has 0 aromatic heterocycles. The Morgan fingerprint density at radius 2 is 1.61 bits per heavy atom. The van der Waals surface area contributed by atoms with E-state index >= 15 is 0 Å². The molecule has 0 atom stereocenters. The molecule has 3 rings (SSSR count). The minimum absolute atomic E-state index is 0.0186. The Kier molecular flexibility index (Phi) is 4.11. The van der Waals surface area contributed by atoms with Crippen LogP contribution in [0.4, 0.5) is 0 Å². The van der Waals surface area contributed by atoms with Crippen LogP contribution in [0.5, 0.6) is 5.75 Å². The summed E-state index contributed by atoms with van der Waals surface area (Å²) in [4.78, 5) is 0. The average Bonchev–Trinajstić information content (AvgIpc) is 2.53. The molecule has 0 aliphatic rings. The molecule has 0 spiro atoms. The van der Waals surface area contributed by atoms with Crippen LogP contribution in [0.3, 0.4) is 0 Å². The normalized spacial score (nSPS) is 11.8. The number of phenols is 1. The van der Waals surface area contributed by atoms with Crippen LogP contribution in [0.25, 0.3) is 21.9 Å². The molecule has 0 unspecified atom stereocenters. The molecule has 3 aromatic rings. The molecule has 0 bridgehead atoms. The zero-order chi connectivity index (χ0) is 16.6. The topological polar surface area (TPSA) is 20.2 Å². The minimum Gasteiger partial charge on any atom is -0.507 e. The van der Waals surface area contributed by atoms with Gasteiger partial charge in [0.05, 0.1) is 0 Å². The van der Waals surface area contributed by atoms with Gasteiger partial charge in [0.25, 0.3) is 0 Å². The van der Waals surface area contributed by atoms with Crippen LogP contribution >= 0.6 is 12.6 Å². The van der Waals surface area contributed by atoms with Crippen molar-refractivity contribution in [3.05, 3.63) is 65.7 Å². The summed E-state index contributed by atoms with van der Waals surface area (Å²) in [6.07, 6.45) is 0. The third-order valence-electron chi connectivity index (χ3n) is 4.31. The fraction of sp³-hybridized carbons (Fsp3) is 0.238. The standard InChI is InChI=1S/C21H22OS/c1-21(2,3)16-11-15(13-23)20(22)19(12-16)18-10-6-8-14-7-4-5-9-17(14)18/h4-12,22-23H,13H2,1-3H3. The van der Waals surface area contributed by atoms with Gasteiger partial charge < -0.3 is 5.11 Å². The molecule has 0 aliphatic heterocycles. The van der Waals surface area contributed by atoms with Crippen molar-refractivity contribution in [2.45, 2.75) is 31.9 Å². The molecule has 0 heterocycles. The molecular weight excluding hydrogens is 300 g/mol. The van der Waals surface area contributed by atoms with E-state index in [1.54, 1.807) is 0 Å². The minimum atomic E-state index is 0.0186. The first-order chi connectivity index (χ1) is 10.9. The van der Waals surface area contributed by atoms with Gasteiger partial charge in [-0.1, -0.05) is 69.3 Å². The van der Waals surface area contributed by atoms with Crippen molar-refractivity contribution < 1.29 is 5.11 Å². The van der Waals surface area contributed by atoms with Crippen LogP contribution in [-0.2, 0) is 11.2 Å². The molecule has 3 aromatic carbocycles. The molecule has 23 heavy (non-hydrogen) atoms. The maximum Gasteiger partial charge on any atom is 0.127 e. The third kappa shape index (κ3) is 2.96. The first-order valence-electron chi connectivity index (χ1n) is 7.87. The lowest BCUT2D eigenvalue weighted by Gasteiger charge is -2.22. The lowest BCUT2D eigenvalue weighted by atomic mass is 9.83. The molecule has 2 heteroatoms. The highest BCUT2D eigenvalue weighted by molar-refractivity contribution is 7.79. The van der Waals surface area contributed by atoms with Crippen molar-refractivity contribution in [2.75, 3.05) is 0 Å². The Labute approximate surface area is 143 Å². The van der Waals surface area contributed by atoms with E-state index < -0.39 is 0 Å². The van der Waals surface area contributed by atoms with Crippen molar-refractivity contribution in [1.29, 1.82) is 0 Å². The van der Waals surface area contributed by atoms with Crippen LogP contribution in [0.2, 0.25) is 0 Å². The molecule has 0 aliphatic carbocycles. The van der Waals surface area contributed by atoms with Crippen LogP contribution < -0.4 is 0 Å². The van der Waals surface area contributed by atoms with Gasteiger partial charge in [-0.15, -0.1) is 0 Å². The average molecular weight is 322 g/mol. The monoisotopic (exact) mass is 322 g/mol. The molecule has 1 N–H and O–H groups in total. The van der Waals surface area contributed by atoms with Crippen LogP contribution in [0.1, 0.15) is 31.9 Å². The highest BCUT2D eigenvalue weighted by Crippen LogP contribution is 2.40. The highest BCUT2D eigenvalue weighted by atomic mass is 32.1. The molecule has 0 fully saturated rings. The van der Waals surface area contributed by atoms with Gasteiger partial charge in [0.15, 0.2) is 0 Å². The number of aromatic hydroxyl groups is 1. The second-order valence-corrected chi connectivity index (χ2v) is 7.28. The largest absolute Gasteiger partial charge is 0.507 e. The number of thiol groups is 1. The summed E-state index contributed by atoms with van der Waals surface area (Å²) in [7, 11) is 0. The number of fused-ring (bicyclic) bond motifs is 1. The quantitative estimate of drug-likeness (QED) is 0.559. The zero-order valence-electron chi connectivity index (χ0n) is 13.8. The summed E-state index contributed by atoms with van der Waals surface area (Å²) in [5.74, 6) is 0.859. The van der Waals surface area contributed by atoms with E-state index in [9.17, 15) is 5.11 Å². The van der Waals surface area contributed by atoms with Gasteiger partial charge in [-0.2, -0.15) is 12.6 Å². The molecule has 0 amide bonds. The number of hydrogen-bond acceptors (Lipinski definition) is 2. The van der Waals surface area contributed by atoms with Crippen molar-refractivity contribution in [3.63, 3.8) is 0 Å². The summed E-state index contributed by atoms with van der Waals surface area (Å²) < 4.78 is 0. The smallest absolute Gasteiger partial charge is 0.127 e. The second-order valence-electron chi connectivity index (χ2n) is 6.97. The first-order valence-corrected chi connectivity index (χ1v) is 8.50. The fourth-order valence-electron chi connectivity index (χ4n) is 2.91. The summed E-state index contributed by atoms with van der Waals surface area (Å²) in [6, 6.07) is 18.7. The van der Waals surface area contributed by atoms with Crippen molar-refractivity contribution in [1.82, 2.24) is 0 Å². The van der Waals surface area contributed by atoms with E-state index in [1.165, 1.54) is 10.9 Å². The van der Waals surface area contributed by atoms with Gasteiger partial charge in [-0.25, -0.2) is 0 Å². The number of benzene rings is 3. The van der Waals surface area contributed by atoms with E-state index in [2.05, 4.69) is 69.8 Å². The molecule has 118 valence electrons. The van der Waals surface area contributed by atoms with Gasteiger partial charge in [-0.05, 0) is 33.4 Å². The first kappa shape index (κ1) is 15.9. The SMILES string of the molecule is CC(C)(C)c1cc(CS)c(O)c(-c2cccc3ccccc23)c1. The fourth-order valence-corrected chi connectivity index (χ4v) is 3.15. The third-order valence-corrected chi connectivity index (χ3v) is 4.65. The Hall–Kier alpha value is -1.93. The molecule has 0 saturated heterocycles. The number of rotatable bonds is 2. The van der Waals surface area contributed by atoms with Crippen LogP contribution in [0.15, 0.2) is 54.6 Å². The molecular formula is C21H22OS. The van der Waals surface area contributed by atoms with Crippen molar-refractivity contribution in [3.8, 4) is 16.9 Å². The zero-order valence-corrected chi connectivity index (χ0v) is 14.7. The summed E-state index contributed by atoms with van der Waals surface area (Å²) in [6.45, 7) is 6.57. The van der Waals surface area contributed by atoms with E-state index in [0.29, 0.717) is 11.5 Å². The maximum atomic E-state index is 10.7. The number of phenolic OH excluding ortho intramolecular Hbond substituents is 1. The summed E-state index contributed by atoms with van der Waals surface area (Å²) >= 11 is 4.40. The Morgan fingerprint density at radius 1 is 0.913 bits per heavy atom. The van der Waals surface area contributed by atoms with Crippen LogP contribution in [-0.4, -0.2) is 5.11 Å². The van der Waals surface area contributed by atoms with Gasteiger partial charge in [0.1, 0.15) is 5.75 Å². The van der Waals surface area contributed by atoms with Gasteiger partial charge in [-0.3, -0.25) is 0 Å². The van der Waals surface area contributed by atoms with E-state index in [1.807, 2.05) is 18.2 Å². The summed E-state index contributed by atoms with van der Waals surface area (Å²) in [5, 5.41) is 13.1. The van der Waals surface area contributed by atoms with Gasteiger partial charge >= 0.3 is 0 Å². The molecule has 0 radical (unpaired) electrons. The lowest BCUT2D eigenvalue weighted by Crippen LogP contribution is -2.11. The Bertz CT molecular complexity index is 854. The molecule has 1 nitrogen and oxygen atoms in total. The van der Waals surface area contributed by atoms with Crippen LogP contribution in [0, 0.1) is 0 Å². The van der Waals surface area contributed by atoms with E-state index in [0.717, 1.165) is 22.1 Å². The van der Waals surface area contributed by atoms with Gasteiger partial charge in [0, 0.05) is 16.9 Å². The molecule has 0 saturated carbocycles. The maximum absolute atomic E-state index is 10.7. The second kappa shape index (κ2) is 5.93. The lowest BCUT2D eigenvalue weighted by molar-refractivity contribution is 0.471. The Balaban J connectivity index is 2.34.